The first kappa shape index (κ1) is 12.2. The van der Waals surface area contributed by atoms with E-state index in [1.165, 1.54) is 6.07 Å². The molecule has 84 valence electrons. The monoisotopic (exact) mass is 291 g/mol. The molecule has 0 N–H and O–H groups in total. The van der Waals surface area contributed by atoms with Crippen LogP contribution in [0.15, 0.2) is 22.9 Å². The quantitative estimate of drug-likeness (QED) is 0.616. The van der Waals surface area contributed by atoms with Gasteiger partial charge in [-0.1, -0.05) is 0 Å². The van der Waals surface area contributed by atoms with Crippen molar-refractivity contribution in [1.82, 2.24) is 4.98 Å². The van der Waals surface area contributed by atoms with E-state index in [2.05, 4.69) is 25.7 Å². The fourth-order valence-electron chi connectivity index (χ4n) is 0.628. The van der Waals surface area contributed by atoms with Crippen LogP contribution in [0, 0.1) is 0 Å². The molecule has 0 aliphatic heterocycles. The Morgan fingerprint density at radius 1 is 1.13 bits per heavy atom. The number of hydrogen-bond donors (Lipinski definition) is 0. The van der Waals surface area contributed by atoms with Crippen molar-refractivity contribution in [3.63, 3.8) is 0 Å². The summed E-state index contributed by atoms with van der Waals surface area (Å²) in [5.41, 5.74) is 0. The molecular weight excluding hydrogens is 289 g/mol. The van der Waals surface area contributed by atoms with Crippen molar-refractivity contribution in [3.05, 3.63) is 22.9 Å². The van der Waals surface area contributed by atoms with Crippen LogP contribution >= 0.6 is 15.9 Å². The van der Waals surface area contributed by atoms with Crippen molar-refractivity contribution in [1.29, 1.82) is 0 Å². The van der Waals surface area contributed by atoms with Gasteiger partial charge >= 0.3 is 12.3 Å². The molecule has 15 heavy (non-hydrogen) atoms. The van der Waals surface area contributed by atoms with Crippen LogP contribution in [0.1, 0.15) is 0 Å². The lowest BCUT2D eigenvalue weighted by atomic mass is 10.4. The maximum atomic E-state index is 12.3. The Labute approximate surface area is 89.2 Å². The third-order valence-electron chi connectivity index (χ3n) is 1.28. The minimum Gasteiger partial charge on any atom is -0.424 e. The number of nitrogens with zero attached hydrogens (tertiary/aromatic N) is 1. The summed E-state index contributed by atoms with van der Waals surface area (Å²) in [6.45, 7) is 0. The van der Waals surface area contributed by atoms with Crippen molar-refractivity contribution in [2.24, 2.45) is 0 Å². The Hall–Kier alpha value is -0.920. The van der Waals surface area contributed by atoms with Gasteiger partial charge in [-0.15, -0.1) is 0 Å². The minimum absolute atomic E-state index is 0.296. The molecule has 0 radical (unpaired) electrons. The highest BCUT2D eigenvalue weighted by Crippen LogP contribution is 2.37. The molecule has 0 bridgehead atoms. The molecule has 0 spiro atoms. The van der Waals surface area contributed by atoms with Crippen LogP contribution in [0.2, 0.25) is 0 Å². The second kappa shape index (κ2) is 3.92. The van der Waals surface area contributed by atoms with Crippen molar-refractivity contribution >= 4 is 15.9 Å². The molecule has 0 atom stereocenters. The van der Waals surface area contributed by atoms with Gasteiger partial charge in [0.1, 0.15) is 10.4 Å². The van der Waals surface area contributed by atoms with Gasteiger partial charge in [-0.2, -0.15) is 22.0 Å². The lowest BCUT2D eigenvalue weighted by molar-refractivity contribution is -0.360. The van der Waals surface area contributed by atoms with Crippen molar-refractivity contribution in [3.8, 4) is 5.75 Å². The highest BCUT2D eigenvalue weighted by molar-refractivity contribution is 9.10. The van der Waals surface area contributed by atoms with E-state index in [0.717, 1.165) is 12.3 Å². The predicted octanol–water partition coefficient (Wildman–Crippen LogP) is 3.38. The summed E-state index contributed by atoms with van der Waals surface area (Å²) in [4.78, 5) is 3.44. The van der Waals surface area contributed by atoms with Crippen LogP contribution in [0.5, 0.6) is 5.75 Å². The van der Waals surface area contributed by atoms with Gasteiger partial charge in [0.25, 0.3) is 0 Å². The van der Waals surface area contributed by atoms with Crippen molar-refractivity contribution in [2.45, 2.75) is 12.3 Å². The van der Waals surface area contributed by atoms with Gasteiger partial charge in [-0.3, -0.25) is 0 Å². The van der Waals surface area contributed by atoms with Gasteiger partial charge in [0.05, 0.1) is 6.20 Å². The Kier molecular flexibility index (Phi) is 3.17. The fourth-order valence-corrected chi connectivity index (χ4v) is 0.863. The summed E-state index contributed by atoms with van der Waals surface area (Å²) in [5, 5.41) is 0. The van der Waals surface area contributed by atoms with E-state index in [1.807, 2.05) is 0 Å². The first-order chi connectivity index (χ1) is 6.72. The van der Waals surface area contributed by atoms with Crippen LogP contribution in [0.4, 0.5) is 22.0 Å². The minimum atomic E-state index is -5.75. The number of alkyl halides is 5. The normalized spacial score (nSPS) is 12.7. The molecule has 0 unspecified atom stereocenters. The van der Waals surface area contributed by atoms with E-state index in [1.54, 1.807) is 0 Å². The zero-order chi connectivity index (χ0) is 11.7. The molecule has 1 rings (SSSR count). The molecule has 8 heteroatoms. The zero-order valence-corrected chi connectivity index (χ0v) is 8.44. The number of halogens is 6. The van der Waals surface area contributed by atoms with E-state index >= 15 is 0 Å². The Morgan fingerprint density at radius 2 is 1.73 bits per heavy atom. The van der Waals surface area contributed by atoms with E-state index in [-0.39, 0.29) is 0 Å². The molecule has 0 aromatic carbocycles. The van der Waals surface area contributed by atoms with Gasteiger partial charge in [-0.25, -0.2) is 4.98 Å². The third kappa shape index (κ3) is 3.01. The topological polar surface area (TPSA) is 22.1 Å². The van der Waals surface area contributed by atoms with Crippen LogP contribution in [0.3, 0.4) is 0 Å². The highest BCUT2D eigenvalue weighted by Gasteiger charge is 2.61. The number of ether oxygens (including phenoxy) is 1. The molecule has 0 aliphatic rings. The van der Waals surface area contributed by atoms with Crippen LogP contribution in [-0.2, 0) is 0 Å². The zero-order valence-electron chi connectivity index (χ0n) is 6.86. The van der Waals surface area contributed by atoms with Gasteiger partial charge in [0.2, 0.25) is 0 Å². The van der Waals surface area contributed by atoms with Crippen LogP contribution < -0.4 is 4.74 Å². The van der Waals surface area contributed by atoms with Crippen molar-refractivity contribution in [2.75, 3.05) is 0 Å². The average Bonchev–Trinajstić information content (AvgIpc) is 2.06. The molecule has 1 aromatic rings. The molecule has 0 aliphatic carbocycles. The van der Waals surface area contributed by atoms with E-state index < -0.39 is 18.0 Å². The second-order valence-electron chi connectivity index (χ2n) is 2.43. The Morgan fingerprint density at radius 3 is 2.13 bits per heavy atom. The summed E-state index contributed by atoms with van der Waals surface area (Å²) in [6.07, 6.45) is -10.2. The lowest BCUT2D eigenvalue weighted by Crippen LogP contribution is -2.41. The van der Waals surface area contributed by atoms with Crippen molar-refractivity contribution < 1.29 is 26.7 Å². The predicted molar refractivity (Wildman–Crippen MR) is 43.6 cm³/mol. The molecule has 0 amide bonds. The molecule has 0 saturated heterocycles. The highest BCUT2D eigenvalue weighted by atomic mass is 79.9. The van der Waals surface area contributed by atoms with Gasteiger partial charge in [0, 0.05) is 0 Å². The number of rotatable bonds is 2. The van der Waals surface area contributed by atoms with E-state index in [9.17, 15) is 22.0 Å². The number of hydrogen-bond acceptors (Lipinski definition) is 2. The Balaban J connectivity index is 2.82. The molecule has 2 nitrogen and oxygen atoms in total. The third-order valence-corrected chi connectivity index (χ3v) is 1.75. The summed E-state index contributed by atoms with van der Waals surface area (Å²) in [6, 6.07) is 2.12. The maximum Gasteiger partial charge on any atom is 0.499 e. The molecule has 1 heterocycles. The van der Waals surface area contributed by atoms with E-state index in [0.29, 0.717) is 4.60 Å². The largest absolute Gasteiger partial charge is 0.499 e. The van der Waals surface area contributed by atoms with Crippen LogP contribution in [-0.4, -0.2) is 17.3 Å². The summed E-state index contributed by atoms with van der Waals surface area (Å²) in [5.74, 6) is -0.666. The summed E-state index contributed by atoms with van der Waals surface area (Å²) in [7, 11) is 0. The van der Waals surface area contributed by atoms with Gasteiger partial charge < -0.3 is 4.74 Å². The average molecular weight is 292 g/mol. The maximum absolute atomic E-state index is 12.3. The van der Waals surface area contributed by atoms with E-state index in [4.69, 9.17) is 0 Å². The molecule has 0 saturated carbocycles. The van der Waals surface area contributed by atoms with Crippen LogP contribution in [0.25, 0.3) is 0 Å². The molecule has 1 aromatic heterocycles. The first-order valence-electron chi connectivity index (χ1n) is 3.47. The lowest BCUT2D eigenvalue weighted by Gasteiger charge is -2.19. The summed E-state index contributed by atoms with van der Waals surface area (Å²) < 4.78 is 63.5. The number of aromatic nitrogens is 1. The second-order valence-corrected chi connectivity index (χ2v) is 3.25. The first-order valence-corrected chi connectivity index (χ1v) is 4.27. The number of pyridine rings is 1. The smallest absolute Gasteiger partial charge is 0.424 e. The Bertz CT molecular complexity index is 336. The van der Waals surface area contributed by atoms with Gasteiger partial charge in [0.15, 0.2) is 0 Å². The summed E-state index contributed by atoms with van der Waals surface area (Å²) >= 11 is 2.89. The SMILES string of the molecule is FC(F)(F)C(F)(F)Oc1ccc(Br)nc1. The fraction of sp³-hybridized carbons (Fsp3) is 0.286. The molecule has 0 fully saturated rings. The standard InChI is InChI=1S/C7H3BrF5NO/c8-5-2-1-4(3-14-5)15-7(12,13)6(9,10)11/h1-3H. The van der Waals surface area contributed by atoms with Gasteiger partial charge in [-0.05, 0) is 28.1 Å². The molecular formula is C7H3BrF5NO.